The number of nitrogens with one attached hydrogen (secondary N) is 1. The minimum Gasteiger partial charge on any atom is -0.339 e. The van der Waals surface area contributed by atoms with Gasteiger partial charge in [-0.25, -0.2) is 4.98 Å². The molecular formula is C16H13ClN4OS2. The average Bonchev–Trinajstić information content (AvgIpc) is 3.08. The van der Waals surface area contributed by atoms with Crippen LogP contribution >= 0.6 is 23.4 Å². The fourth-order valence-corrected chi connectivity index (χ4v) is 4.55. The minimum atomic E-state index is -1.10. The molecule has 122 valence electrons. The Balaban J connectivity index is 1.82. The first-order valence-corrected chi connectivity index (χ1v) is 9.84. The van der Waals surface area contributed by atoms with Crippen LogP contribution in [0.4, 0.5) is 0 Å². The zero-order valence-electron chi connectivity index (χ0n) is 12.6. The lowest BCUT2D eigenvalue weighted by Crippen LogP contribution is -2.06. The van der Waals surface area contributed by atoms with E-state index in [0.717, 1.165) is 36.9 Å². The summed E-state index contributed by atoms with van der Waals surface area (Å²) in [6.45, 7) is 0. The Morgan fingerprint density at radius 1 is 1.33 bits per heavy atom. The lowest BCUT2D eigenvalue weighted by Gasteiger charge is -2.03. The van der Waals surface area contributed by atoms with Gasteiger partial charge in [0.25, 0.3) is 0 Å². The SMILES string of the molecule is CS(=O)c1cn(N)c2c(Sc3nc4ccc(Cl)cc4[nH]3)cccc12. The number of para-hydroxylation sites is 1. The van der Waals surface area contributed by atoms with Gasteiger partial charge in [-0.05, 0) is 36.0 Å². The highest BCUT2D eigenvalue weighted by Crippen LogP contribution is 2.35. The monoisotopic (exact) mass is 376 g/mol. The molecule has 0 aliphatic heterocycles. The predicted molar refractivity (Wildman–Crippen MR) is 99.6 cm³/mol. The molecule has 4 rings (SSSR count). The highest BCUT2D eigenvalue weighted by molar-refractivity contribution is 7.99. The predicted octanol–water partition coefficient (Wildman–Crippen LogP) is 3.77. The third-order valence-corrected chi connectivity index (χ3v) is 5.83. The first-order chi connectivity index (χ1) is 11.5. The minimum absolute atomic E-state index is 0.663. The summed E-state index contributed by atoms with van der Waals surface area (Å²) in [5.41, 5.74) is 2.58. The van der Waals surface area contributed by atoms with Crippen LogP contribution in [0, 0.1) is 0 Å². The lowest BCUT2D eigenvalue weighted by molar-refractivity contribution is 0.687. The molecular weight excluding hydrogens is 364 g/mol. The van der Waals surface area contributed by atoms with Gasteiger partial charge in [0.05, 0.1) is 32.2 Å². The van der Waals surface area contributed by atoms with Crippen LogP contribution < -0.4 is 5.84 Å². The molecule has 0 radical (unpaired) electrons. The maximum absolute atomic E-state index is 11.9. The van der Waals surface area contributed by atoms with Crippen molar-refractivity contribution in [3.05, 3.63) is 47.6 Å². The van der Waals surface area contributed by atoms with E-state index in [4.69, 9.17) is 17.4 Å². The maximum Gasteiger partial charge on any atom is 0.171 e. The third kappa shape index (κ3) is 2.58. The Morgan fingerprint density at radius 2 is 2.17 bits per heavy atom. The number of hydrogen-bond donors (Lipinski definition) is 2. The van der Waals surface area contributed by atoms with Gasteiger partial charge in [0.15, 0.2) is 5.16 Å². The van der Waals surface area contributed by atoms with Gasteiger partial charge in [-0.15, -0.1) is 0 Å². The molecule has 0 aliphatic carbocycles. The second-order valence-corrected chi connectivity index (χ2v) is 8.13. The lowest BCUT2D eigenvalue weighted by atomic mass is 10.2. The summed E-state index contributed by atoms with van der Waals surface area (Å²) in [6, 6.07) is 11.4. The van der Waals surface area contributed by atoms with E-state index in [-0.39, 0.29) is 0 Å². The van der Waals surface area contributed by atoms with E-state index in [0.29, 0.717) is 5.02 Å². The van der Waals surface area contributed by atoms with Crippen LogP contribution in [0.5, 0.6) is 0 Å². The second-order valence-electron chi connectivity index (χ2n) is 5.31. The molecule has 2 heterocycles. The van der Waals surface area contributed by atoms with Gasteiger partial charge in [0.1, 0.15) is 0 Å². The average molecular weight is 377 g/mol. The van der Waals surface area contributed by atoms with Crippen molar-refractivity contribution in [1.29, 1.82) is 0 Å². The third-order valence-electron chi connectivity index (χ3n) is 3.72. The summed E-state index contributed by atoms with van der Waals surface area (Å²) in [7, 11) is -1.10. The van der Waals surface area contributed by atoms with Crippen LogP contribution in [0.3, 0.4) is 0 Å². The van der Waals surface area contributed by atoms with E-state index < -0.39 is 10.8 Å². The number of aromatic amines is 1. The normalized spacial score (nSPS) is 12.9. The number of H-pyrrole nitrogens is 1. The Hall–Kier alpha value is -1.96. The van der Waals surface area contributed by atoms with Crippen LogP contribution in [0.25, 0.3) is 21.9 Å². The zero-order valence-corrected chi connectivity index (χ0v) is 15.0. The van der Waals surface area contributed by atoms with E-state index >= 15 is 0 Å². The van der Waals surface area contributed by atoms with E-state index in [2.05, 4.69) is 9.97 Å². The van der Waals surface area contributed by atoms with Crippen molar-refractivity contribution in [3.8, 4) is 0 Å². The zero-order chi connectivity index (χ0) is 16.8. The van der Waals surface area contributed by atoms with Crippen molar-refractivity contribution in [1.82, 2.24) is 14.6 Å². The number of nitrogens with two attached hydrogens (primary N) is 1. The molecule has 0 aliphatic rings. The van der Waals surface area contributed by atoms with Crippen molar-refractivity contribution in [2.45, 2.75) is 14.9 Å². The summed E-state index contributed by atoms with van der Waals surface area (Å²) in [6.07, 6.45) is 3.36. The molecule has 24 heavy (non-hydrogen) atoms. The number of fused-ring (bicyclic) bond motifs is 2. The molecule has 2 aromatic heterocycles. The maximum atomic E-state index is 11.9. The van der Waals surface area contributed by atoms with Crippen molar-refractivity contribution < 1.29 is 4.21 Å². The van der Waals surface area contributed by atoms with Crippen molar-refractivity contribution in [2.24, 2.45) is 0 Å². The van der Waals surface area contributed by atoms with Gasteiger partial charge in [-0.2, -0.15) is 0 Å². The molecule has 0 saturated carbocycles. The number of hydrogen-bond acceptors (Lipinski definition) is 4. The quantitative estimate of drug-likeness (QED) is 0.533. The van der Waals surface area contributed by atoms with Gasteiger partial charge < -0.3 is 10.8 Å². The second kappa shape index (κ2) is 5.84. The first kappa shape index (κ1) is 15.6. The molecule has 1 unspecified atom stereocenters. The van der Waals surface area contributed by atoms with Gasteiger partial charge in [0.2, 0.25) is 0 Å². The van der Waals surface area contributed by atoms with E-state index in [1.807, 2.05) is 36.4 Å². The van der Waals surface area contributed by atoms with E-state index in [1.54, 1.807) is 12.5 Å². The molecule has 8 heteroatoms. The van der Waals surface area contributed by atoms with Crippen LogP contribution in [-0.2, 0) is 10.8 Å². The molecule has 1 atom stereocenters. The van der Waals surface area contributed by atoms with Crippen molar-refractivity contribution in [2.75, 3.05) is 12.1 Å². The molecule has 3 N–H and O–H groups in total. The summed E-state index contributed by atoms with van der Waals surface area (Å²) < 4.78 is 13.4. The fourth-order valence-electron chi connectivity index (χ4n) is 2.67. The summed E-state index contributed by atoms with van der Waals surface area (Å²) in [5, 5.41) is 2.30. The van der Waals surface area contributed by atoms with Crippen LogP contribution in [0.2, 0.25) is 5.02 Å². The van der Waals surface area contributed by atoms with Gasteiger partial charge in [0, 0.05) is 27.8 Å². The standard InChI is InChI=1S/C16H13ClN4OS2/c1-24(22)14-8-21(18)15-10(14)3-2-4-13(15)23-16-19-11-6-5-9(17)7-12(11)20-16/h2-8H,18H2,1H3,(H,19,20). The molecule has 4 aromatic rings. The topological polar surface area (TPSA) is 76.7 Å². The fraction of sp³-hybridized carbons (Fsp3) is 0.0625. The molecule has 0 bridgehead atoms. The smallest absolute Gasteiger partial charge is 0.171 e. The highest BCUT2D eigenvalue weighted by Gasteiger charge is 2.15. The highest BCUT2D eigenvalue weighted by atomic mass is 35.5. The van der Waals surface area contributed by atoms with Crippen LogP contribution in [0.15, 0.2) is 57.5 Å². The number of benzene rings is 2. The van der Waals surface area contributed by atoms with E-state index in [1.165, 1.54) is 16.4 Å². The molecule has 2 aromatic carbocycles. The Labute approximate surface area is 149 Å². The van der Waals surface area contributed by atoms with Gasteiger partial charge >= 0.3 is 0 Å². The molecule has 0 saturated heterocycles. The molecule has 0 spiro atoms. The van der Waals surface area contributed by atoms with Crippen LogP contribution in [-0.4, -0.2) is 25.1 Å². The molecule has 0 amide bonds. The Kier molecular flexibility index (Phi) is 3.79. The molecule has 0 fully saturated rings. The first-order valence-electron chi connectivity index (χ1n) is 7.08. The van der Waals surface area contributed by atoms with Crippen molar-refractivity contribution in [3.63, 3.8) is 0 Å². The summed E-state index contributed by atoms with van der Waals surface area (Å²) >= 11 is 7.49. The van der Waals surface area contributed by atoms with E-state index in [9.17, 15) is 4.21 Å². The number of nitrogens with zero attached hydrogens (tertiary/aromatic N) is 2. The van der Waals surface area contributed by atoms with Gasteiger partial charge in [-0.3, -0.25) is 8.89 Å². The summed E-state index contributed by atoms with van der Waals surface area (Å²) in [4.78, 5) is 9.49. The number of nitrogen functional groups attached to an aromatic ring is 1. The number of halogens is 1. The van der Waals surface area contributed by atoms with Crippen molar-refractivity contribution >= 4 is 56.1 Å². The number of imidazole rings is 1. The van der Waals surface area contributed by atoms with Gasteiger partial charge in [-0.1, -0.05) is 23.7 Å². The Morgan fingerprint density at radius 3 is 2.96 bits per heavy atom. The number of aromatic nitrogens is 3. The Bertz CT molecular complexity index is 1100. The summed E-state index contributed by atoms with van der Waals surface area (Å²) in [5.74, 6) is 6.09. The largest absolute Gasteiger partial charge is 0.339 e. The number of rotatable bonds is 3. The van der Waals surface area contributed by atoms with Crippen LogP contribution in [0.1, 0.15) is 0 Å². The molecule has 5 nitrogen and oxygen atoms in total.